The van der Waals surface area contributed by atoms with Gasteiger partial charge in [-0.2, -0.15) is 0 Å². The molecule has 7 heteroatoms. The number of imide groups is 1. The van der Waals surface area contributed by atoms with Crippen LogP contribution < -0.4 is 5.32 Å². The smallest absolute Gasteiger partial charge is 0.413 e. The third-order valence-corrected chi connectivity index (χ3v) is 4.35. The van der Waals surface area contributed by atoms with Crippen LogP contribution in [0.2, 0.25) is 0 Å². The van der Waals surface area contributed by atoms with Crippen LogP contribution in [0.3, 0.4) is 0 Å². The van der Waals surface area contributed by atoms with Gasteiger partial charge in [-0.3, -0.25) is 10.1 Å². The molecular formula is C15H15NO5S. The molecule has 116 valence electrons. The minimum atomic E-state index is -1.10. The van der Waals surface area contributed by atoms with E-state index in [0.717, 1.165) is 22.8 Å². The molecule has 2 rings (SSSR count). The second-order valence-electron chi connectivity index (χ2n) is 4.58. The zero-order valence-corrected chi connectivity index (χ0v) is 13.2. The minimum Gasteiger partial charge on any atom is -0.453 e. The molecule has 0 saturated carbocycles. The van der Waals surface area contributed by atoms with Crippen LogP contribution in [-0.2, 0) is 14.3 Å². The molecule has 0 spiro atoms. The molecule has 6 nitrogen and oxygen atoms in total. The Morgan fingerprint density at radius 1 is 1.23 bits per heavy atom. The lowest BCUT2D eigenvalue weighted by Gasteiger charge is -2.11. The molecule has 0 fully saturated rings. The molecule has 0 radical (unpaired) electrons. The molecule has 0 aliphatic rings. The lowest BCUT2D eigenvalue weighted by Crippen LogP contribution is -2.39. The van der Waals surface area contributed by atoms with Gasteiger partial charge in [-0.15, -0.1) is 11.3 Å². The summed E-state index contributed by atoms with van der Waals surface area (Å²) in [5.74, 6) is -1.33. The van der Waals surface area contributed by atoms with Crippen molar-refractivity contribution in [2.45, 2.75) is 20.0 Å². The Hall–Kier alpha value is -2.41. The van der Waals surface area contributed by atoms with E-state index >= 15 is 0 Å². The Morgan fingerprint density at radius 3 is 2.55 bits per heavy atom. The third-order valence-electron chi connectivity index (χ3n) is 3.09. The van der Waals surface area contributed by atoms with Crippen molar-refractivity contribution in [1.82, 2.24) is 5.32 Å². The van der Waals surface area contributed by atoms with Crippen LogP contribution in [0.5, 0.6) is 0 Å². The summed E-state index contributed by atoms with van der Waals surface area (Å²) in [6.45, 7) is 3.22. The van der Waals surface area contributed by atoms with E-state index in [2.05, 4.69) is 4.74 Å². The summed E-state index contributed by atoms with van der Waals surface area (Å²) in [7, 11) is 1.14. The number of hydrogen-bond acceptors (Lipinski definition) is 6. The topological polar surface area (TPSA) is 81.7 Å². The average molecular weight is 321 g/mol. The minimum absolute atomic E-state index is 0.443. The van der Waals surface area contributed by atoms with Crippen molar-refractivity contribution in [1.29, 1.82) is 0 Å². The molecule has 22 heavy (non-hydrogen) atoms. The van der Waals surface area contributed by atoms with E-state index in [-0.39, 0.29) is 0 Å². The van der Waals surface area contributed by atoms with Gasteiger partial charge < -0.3 is 9.47 Å². The number of rotatable bonds is 3. The zero-order chi connectivity index (χ0) is 16.3. The SMILES string of the molecule is COC(=O)NC(=O)[C@H](C)OC(=O)c1sc2ccccc2c1C. The van der Waals surface area contributed by atoms with Gasteiger partial charge in [-0.25, -0.2) is 9.59 Å². The van der Waals surface area contributed by atoms with Crippen LogP contribution in [0.15, 0.2) is 24.3 Å². The largest absolute Gasteiger partial charge is 0.453 e. The number of ether oxygens (including phenoxy) is 2. The first-order valence-electron chi connectivity index (χ1n) is 6.52. The van der Waals surface area contributed by atoms with Crippen molar-refractivity contribution < 1.29 is 23.9 Å². The normalized spacial score (nSPS) is 11.8. The van der Waals surface area contributed by atoms with Crippen molar-refractivity contribution in [3.05, 3.63) is 34.7 Å². The molecule has 1 N–H and O–H groups in total. The molecule has 1 aromatic heterocycles. The first kappa shape index (κ1) is 16.0. The maximum Gasteiger partial charge on any atom is 0.413 e. The Balaban J connectivity index is 2.12. The highest BCUT2D eigenvalue weighted by atomic mass is 32.1. The van der Waals surface area contributed by atoms with Crippen LogP contribution in [0.4, 0.5) is 4.79 Å². The molecule has 0 unspecified atom stereocenters. The van der Waals surface area contributed by atoms with Crippen LogP contribution in [-0.4, -0.2) is 31.2 Å². The maximum atomic E-state index is 12.2. The molecule has 1 atom stereocenters. The molecule has 1 aromatic carbocycles. The van der Waals surface area contributed by atoms with Crippen molar-refractivity contribution in [2.75, 3.05) is 7.11 Å². The fourth-order valence-electron chi connectivity index (χ4n) is 1.89. The predicted molar refractivity (Wildman–Crippen MR) is 82.0 cm³/mol. The molecule has 2 amide bonds. The predicted octanol–water partition coefficient (Wildman–Crippen LogP) is 2.64. The summed E-state index contributed by atoms with van der Waals surface area (Å²) in [6.07, 6.45) is -2.00. The number of benzene rings is 1. The second kappa shape index (κ2) is 6.57. The summed E-state index contributed by atoms with van der Waals surface area (Å²) in [5, 5.41) is 2.93. The molecule has 0 aliphatic carbocycles. The summed E-state index contributed by atoms with van der Waals surface area (Å²) in [6, 6.07) is 7.62. The maximum absolute atomic E-state index is 12.2. The van der Waals surface area contributed by atoms with E-state index in [1.807, 2.05) is 36.5 Å². The van der Waals surface area contributed by atoms with E-state index in [1.54, 1.807) is 0 Å². The number of fused-ring (bicyclic) bond motifs is 1. The van der Waals surface area contributed by atoms with E-state index in [4.69, 9.17) is 4.74 Å². The van der Waals surface area contributed by atoms with E-state index in [0.29, 0.717) is 4.88 Å². The van der Waals surface area contributed by atoms with Crippen molar-refractivity contribution >= 4 is 39.4 Å². The van der Waals surface area contributed by atoms with Gasteiger partial charge in [0.15, 0.2) is 6.10 Å². The summed E-state index contributed by atoms with van der Waals surface area (Å²) in [4.78, 5) is 35.3. The number of methoxy groups -OCH3 is 1. The molecule has 0 saturated heterocycles. The molecular weight excluding hydrogens is 306 g/mol. The van der Waals surface area contributed by atoms with Gasteiger partial charge in [0.2, 0.25) is 0 Å². The quantitative estimate of drug-likeness (QED) is 0.879. The van der Waals surface area contributed by atoms with Crippen molar-refractivity contribution in [3.63, 3.8) is 0 Å². The Morgan fingerprint density at radius 2 is 1.91 bits per heavy atom. The Labute approximate surface area is 131 Å². The van der Waals surface area contributed by atoms with Gasteiger partial charge in [0.1, 0.15) is 4.88 Å². The monoisotopic (exact) mass is 321 g/mol. The van der Waals surface area contributed by atoms with Crippen LogP contribution >= 0.6 is 11.3 Å². The number of carbonyl (C=O) groups is 3. The average Bonchev–Trinajstić information content (AvgIpc) is 2.84. The summed E-state index contributed by atoms with van der Waals surface area (Å²) < 4.78 is 10.4. The highest BCUT2D eigenvalue weighted by molar-refractivity contribution is 7.21. The molecule has 0 bridgehead atoms. The van der Waals surface area contributed by atoms with Crippen molar-refractivity contribution in [2.24, 2.45) is 0 Å². The fourth-order valence-corrected chi connectivity index (χ4v) is 2.98. The summed E-state index contributed by atoms with van der Waals surface area (Å²) in [5.41, 5.74) is 0.811. The van der Waals surface area contributed by atoms with Gasteiger partial charge in [0.05, 0.1) is 7.11 Å². The number of aryl methyl sites for hydroxylation is 1. The van der Waals surface area contributed by atoms with Crippen LogP contribution in [0.25, 0.3) is 10.1 Å². The van der Waals surface area contributed by atoms with Gasteiger partial charge in [0, 0.05) is 4.70 Å². The highest BCUT2D eigenvalue weighted by Crippen LogP contribution is 2.31. The number of alkyl carbamates (subject to hydrolysis) is 1. The van der Waals surface area contributed by atoms with Gasteiger partial charge in [-0.1, -0.05) is 18.2 Å². The lowest BCUT2D eigenvalue weighted by molar-refractivity contribution is -0.128. The summed E-state index contributed by atoms with van der Waals surface area (Å²) >= 11 is 1.31. The molecule has 0 aliphatic heterocycles. The van der Waals surface area contributed by atoms with Gasteiger partial charge >= 0.3 is 12.1 Å². The lowest BCUT2D eigenvalue weighted by atomic mass is 10.1. The standard InChI is InChI=1S/C15H15NO5S/c1-8-10-6-4-5-7-11(10)22-12(8)14(18)21-9(2)13(17)16-15(19)20-3/h4-7,9H,1-3H3,(H,16,17,19)/t9-/m0/s1. The van der Waals surface area contributed by atoms with E-state index < -0.39 is 24.1 Å². The fraction of sp³-hybridized carbons (Fsp3) is 0.267. The van der Waals surface area contributed by atoms with Gasteiger partial charge in [-0.05, 0) is 30.9 Å². The second-order valence-corrected chi connectivity index (χ2v) is 5.63. The number of esters is 1. The molecule has 2 aromatic rings. The Bertz CT molecular complexity index is 737. The van der Waals surface area contributed by atoms with Crippen LogP contribution in [0, 0.1) is 6.92 Å². The zero-order valence-electron chi connectivity index (χ0n) is 12.3. The highest BCUT2D eigenvalue weighted by Gasteiger charge is 2.23. The van der Waals surface area contributed by atoms with Crippen LogP contribution in [0.1, 0.15) is 22.2 Å². The first-order chi connectivity index (χ1) is 10.4. The number of hydrogen-bond donors (Lipinski definition) is 1. The van der Waals surface area contributed by atoms with E-state index in [1.165, 1.54) is 18.3 Å². The number of nitrogens with one attached hydrogen (secondary N) is 1. The first-order valence-corrected chi connectivity index (χ1v) is 7.33. The molecule has 1 heterocycles. The Kier molecular flexibility index (Phi) is 4.77. The van der Waals surface area contributed by atoms with Gasteiger partial charge in [0.25, 0.3) is 5.91 Å². The van der Waals surface area contributed by atoms with E-state index in [9.17, 15) is 14.4 Å². The number of carbonyl (C=O) groups excluding carboxylic acids is 3. The number of thiophene rings is 1. The van der Waals surface area contributed by atoms with Crippen molar-refractivity contribution in [3.8, 4) is 0 Å². The number of amides is 2. The third kappa shape index (κ3) is 3.25.